The number of nitrogens with zero attached hydrogens (tertiary/aromatic N) is 3. The summed E-state index contributed by atoms with van der Waals surface area (Å²) in [7, 11) is 3.61. The Balaban J connectivity index is 0.00000256. The van der Waals surface area contributed by atoms with Gasteiger partial charge in [0.25, 0.3) is 0 Å². The fraction of sp³-hybridized carbons (Fsp3) is 0.182. The molecule has 6 heteroatoms. The molecule has 0 amide bonds. The number of aromatic amines is 1. The van der Waals surface area contributed by atoms with Gasteiger partial charge in [0.15, 0.2) is 11.8 Å². The van der Waals surface area contributed by atoms with Crippen LogP contribution in [0.4, 0.5) is 0 Å². The SMILES string of the molecule is CN(C)C(Sc1cccc[nH+]1)=C(C#N)C#N.[OH-]. The molecule has 2 N–H and O–H groups in total. The van der Waals surface area contributed by atoms with Gasteiger partial charge in [0.05, 0.1) is 0 Å². The Morgan fingerprint density at radius 3 is 2.35 bits per heavy atom. The zero-order valence-electron chi connectivity index (χ0n) is 9.51. The Bertz CT molecular complexity index is 454. The maximum absolute atomic E-state index is 8.84. The Morgan fingerprint density at radius 2 is 1.94 bits per heavy atom. The van der Waals surface area contributed by atoms with Crippen molar-refractivity contribution in [1.82, 2.24) is 4.90 Å². The highest BCUT2D eigenvalue weighted by Crippen LogP contribution is 2.26. The van der Waals surface area contributed by atoms with Gasteiger partial charge in [-0.2, -0.15) is 10.5 Å². The van der Waals surface area contributed by atoms with Crippen LogP contribution in [-0.4, -0.2) is 24.5 Å². The van der Waals surface area contributed by atoms with Crippen LogP contribution in [0.3, 0.4) is 0 Å². The highest BCUT2D eigenvalue weighted by molar-refractivity contribution is 8.02. The lowest BCUT2D eigenvalue weighted by Crippen LogP contribution is -2.13. The van der Waals surface area contributed by atoms with Crippen molar-refractivity contribution in [1.29, 1.82) is 10.5 Å². The van der Waals surface area contributed by atoms with Gasteiger partial charge in [-0.25, -0.2) is 4.98 Å². The molecule has 0 aromatic carbocycles. The minimum absolute atomic E-state index is 0. The number of H-pyrrole nitrogens is 1. The van der Waals surface area contributed by atoms with Crippen LogP contribution in [0.1, 0.15) is 0 Å². The third-order valence-corrected chi connectivity index (χ3v) is 2.97. The molecule has 0 aliphatic rings. The first kappa shape index (κ1) is 15.0. The molecule has 0 atom stereocenters. The molecule has 5 nitrogen and oxygen atoms in total. The molecule has 88 valence electrons. The maximum atomic E-state index is 8.84. The van der Waals surface area contributed by atoms with Gasteiger partial charge in [-0.15, -0.1) is 0 Å². The van der Waals surface area contributed by atoms with Gasteiger partial charge in [0.1, 0.15) is 17.2 Å². The second-order valence-corrected chi connectivity index (χ2v) is 4.16. The van der Waals surface area contributed by atoms with E-state index >= 15 is 0 Å². The van der Waals surface area contributed by atoms with Crippen LogP contribution in [0.15, 0.2) is 40.0 Å². The minimum atomic E-state index is 0. The van der Waals surface area contributed by atoms with E-state index in [1.165, 1.54) is 11.8 Å². The average molecular weight is 248 g/mol. The quantitative estimate of drug-likeness (QED) is 0.592. The molecule has 0 bridgehead atoms. The van der Waals surface area contributed by atoms with E-state index in [0.717, 1.165) is 5.03 Å². The summed E-state index contributed by atoms with van der Waals surface area (Å²) >= 11 is 1.36. The summed E-state index contributed by atoms with van der Waals surface area (Å²) in [5.41, 5.74) is 0.118. The molecule has 0 radical (unpaired) electrons. The fourth-order valence-electron chi connectivity index (χ4n) is 1.03. The third kappa shape index (κ3) is 4.15. The van der Waals surface area contributed by atoms with E-state index in [-0.39, 0.29) is 11.0 Å². The van der Waals surface area contributed by atoms with Crippen LogP contribution in [0.5, 0.6) is 0 Å². The van der Waals surface area contributed by atoms with Crippen molar-refractivity contribution in [2.24, 2.45) is 0 Å². The number of allylic oxidation sites excluding steroid dienone is 1. The summed E-state index contributed by atoms with van der Waals surface area (Å²) in [4.78, 5) is 4.80. The summed E-state index contributed by atoms with van der Waals surface area (Å²) in [6, 6.07) is 9.45. The lowest BCUT2D eigenvalue weighted by atomic mass is 10.3. The Hall–Kier alpha value is -2.02. The van der Waals surface area contributed by atoms with Crippen LogP contribution in [-0.2, 0) is 0 Å². The van der Waals surface area contributed by atoms with Crippen LogP contribution in [0, 0.1) is 22.7 Å². The summed E-state index contributed by atoms with van der Waals surface area (Å²) in [5.74, 6) is 0. The van der Waals surface area contributed by atoms with Gasteiger partial charge in [-0.05, 0) is 17.8 Å². The van der Waals surface area contributed by atoms with Crippen LogP contribution >= 0.6 is 11.8 Å². The monoisotopic (exact) mass is 248 g/mol. The molecular formula is C11H12N4OS. The van der Waals surface area contributed by atoms with E-state index < -0.39 is 0 Å². The molecular weight excluding hydrogens is 236 g/mol. The average Bonchev–Trinajstić information content (AvgIpc) is 2.30. The topological polar surface area (TPSA) is 95.0 Å². The number of hydrogen-bond donors (Lipinski definition) is 0. The van der Waals surface area contributed by atoms with Crippen LogP contribution in [0.25, 0.3) is 0 Å². The van der Waals surface area contributed by atoms with Gasteiger partial charge in [0, 0.05) is 26.2 Å². The zero-order valence-corrected chi connectivity index (χ0v) is 10.3. The minimum Gasteiger partial charge on any atom is -0.870 e. The number of hydrogen-bond acceptors (Lipinski definition) is 5. The van der Waals surface area contributed by atoms with Gasteiger partial charge in [0.2, 0.25) is 5.03 Å². The number of thioether (sulfide) groups is 1. The molecule has 0 aliphatic carbocycles. The van der Waals surface area contributed by atoms with Crippen molar-refractivity contribution in [2.45, 2.75) is 5.03 Å². The van der Waals surface area contributed by atoms with Gasteiger partial charge < -0.3 is 10.4 Å². The number of aromatic nitrogens is 1. The largest absolute Gasteiger partial charge is 0.870 e. The second-order valence-electron chi connectivity index (χ2n) is 3.13. The molecule has 1 aromatic heterocycles. The van der Waals surface area contributed by atoms with Crippen molar-refractivity contribution in [3.05, 3.63) is 35.0 Å². The normalized spacial score (nSPS) is 8.24. The first-order valence-corrected chi connectivity index (χ1v) is 5.37. The van der Waals surface area contributed by atoms with Crippen molar-refractivity contribution in [3.63, 3.8) is 0 Å². The Labute approximate surface area is 104 Å². The lowest BCUT2D eigenvalue weighted by molar-refractivity contribution is -0.426. The summed E-state index contributed by atoms with van der Waals surface area (Å²) < 4.78 is 0. The fourth-order valence-corrected chi connectivity index (χ4v) is 1.89. The number of rotatable bonds is 3. The third-order valence-electron chi connectivity index (χ3n) is 1.73. The predicted molar refractivity (Wildman–Crippen MR) is 62.7 cm³/mol. The summed E-state index contributed by atoms with van der Waals surface area (Å²) in [5, 5.41) is 19.2. The van der Waals surface area contributed by atoms with E-state index in [2.05, 4.69) is 4.98 Å². The number of pyridine rings is 1. The second kappa shape index (κ2) is 7.29. The maximum Gasteiger partial charge on any atom is 0.244 e. The summed E-state index contributed by atoms with van der Waals surface area (Å²) in [6.07, 6.45) is 1.80. The molecule has 0 saturated carbocycles. The molecule has 0 spiro atoms. The highest BCUT2D eigenvalue weighted by atomic mass is 32.2. The number of nitrogens with one attached hydrogen (secondary N) is 1. The molecule has 1 aromatic rings. The molecule has 0 aliphatic heterocycles. The van der Waals surface area contributed by atoms with Gasteiger partial charge in [-0.1, -0.05) is 0 Å². The molecule has 0 fully saturated rings. The van der Waals surface area contributed by atoms with Crippen LogP contribution < -0.4 is 4.98 Å². The standard InChI is InChI=1S/C11H10N4S.H2O/c1-15(2)11(9(7-12)8-13)16-10-5-3-4-6-14-10;/h3-6H,1-2H3;1H2. The zero-order chi connectivity index (χ0) is 12.0. The van der Waals surface area contributed by atoms with Crippen molar-refractivity contribution < 1.29 is 10.5 Å². The summed E-state index contributed by atoms with van der Waals surface area (Å²) in [6.45, 7) is 0. The van der Waals surface area contributed by atoms with E-state index in [1.807, 2.05) is 30.3 Å². The molecule has 0 unspecified atom stereocenters. The van der Waals surface area contributed by atoms with Gasteiger partial charge in [-0.3, -0.25) is 0 Å². The van der Waals surface area contributed by atoms with E-state index in [1.54, 1.807) is 25.2 Å². The smallest absolute Gasteiger partial charge is 0.244 e. The van der Waals surface area contributed by atoms with Crippen LogP contribution in [0.2, 0.25) is 0 Å². The first-order valence-electron chi connectivity index (χ1n) is 4.55. The predicted octanol–water partition coefficient (Wildman–Crippen LogP) is 1.24. The lowest BCUT2D eigenvalue weighted by Gasteiger charge is -2.14. The first-order chi connectivity index (χ1) is 7.69. The van der Waals surface area contributed by atoms with Gasteiger partial charge >= 0.3 is 0 Å². The van der Waals surface area contributed by atoms with Crippen molar-refractivity contribution in [2.75, 3.05) is 14.1 Å². The number of nitriles is 2. The van der Waals surface area contributed by atoms with E-state index in [9.17, 15) is 0 Å². The van der Waals surface area contributed by atoms with E-state index in [0.29, 0.717) is 5.03 Å². The molecule has 1 rings (SSSR count). The highest BCUT2D eigenvalue weighted by Gasteiger charge is 2.13. The van der Waals surface area contributed by atoms with Crippen molar-refractivity contribution >= 4 is 11.8 Å². The molecule has 17 heavy (non-hydrogen) atoms. The Morgan fingerprint density at radius 1 is 1.29 bits per heavy atom. The molecule has 1 heterocycles. The van der Waals surface area contributed by atoms with E-state index in [4.69, 9.17) is 10.5 Å². The molecule has 0 saturated heterocycles. The Kier molecular flexibility index (Phi) is 6.42. The van der Waals surface area contributed by atoms with Crippen molar-refractivity contribution in [3.8, 4) is 12.1 Å².